The molecule has 1 nitrogen and oxygen atoms in total. The first-order valence-electron chi connectivity index (χ1n) is 8.47. The van der Waals surface area contributed by atoms with Crippen molar-refractivity contribution in [2.75, 3.05) is 7.11 Å². The third kappa shape index (κ3) is 2.46. The van der Waals surface area contributed by atoms with E-state index in [0.717, 1.165) is 5.92 Å². The number of hydrogen-bond acceptors (Lipinski definition) is 1. The lowest BCUT2D eigenvalue weighted by Crippen LogP contribution is -2.29. The van der Waals surface area contributed by atoms with E-state index in [1.54, 1.807) is 11.1 Å². The van der Waals surface area contributed by atoms with Gasteiger partial charge in [-0.1, -0.05) is 63.1 Å². The maximum Gasteiger partial charge on any atom is 0.0815 e. The number of rotatable bonds is 3. The highest BCUT2D eigenvalue weighted by atomic mass is 16.5. The van der Waals surface area contributed by atoms with Crippen LogP contribution in [-0.2, 0) is 4.74 Å². The molecule has 114 valence electrons. The van der Waals surface area contributed by atoms with E-state index in [0.29, 0.717) is 23.9 Å². The maximum atomic E-state index is 5.88. The molecule has 21 heavy (non-hydrogen) atoms. The van der Waals surface area contributed by atoms with Crippen molar-refractivity contribution in [3.05, 3.63) is 47.0 Å². The van der Waals surface area contributed by atoms with Gasteiger partial charge in [0.2, 0.25) is 0 Å². The van der Waals surface area contributed by atoms with E-state index in [2.05, 4.69) is 51.1 Å². The molecule has 0 spiro atoms. The molecule has 3 rings (SSSR count). The van der Waals surface area contributed by atoms with E-state index < -0.39 is 0 Å². The summed E-state index contributed by atoms with van der Waals surface area (Å²) in [5.74, 6) is 2.71. The average Bonchev–Trinajstić information content (AvgIpc) is 2.85. The first-order valence-corrected chi connectivity index (χ1v) is 8.47. The zero-order valence-electron chi connectivity index (χ0n) is 13.8. The van der Waals surface area contributed by atoms with Gasteiger partial charge in [-0.2, -0.15) is 0 Å². The van der Waals surface area contributed by atoms with E-state index in [1.165, 1.54) is 24.8 Å². The van der Waals surface area contributed by atoms with Gasteiger partial charge in [0.25, 0.3) is 0 Å². The fourth-order valence-corrected chi connectivity index (χ4v) is 4.76. The SMILES string of the molecule is CC[C@@H]1C[C@H](c2ccccc2)C2=C(C(OC)C(C)C2)[C@@H]1C. The lowest BCUT2D eigenvalue weighted by atomic mass is 9.68. The van der Waals surface area contributed by atoms with Gasteiger partial charge in [0.15, 0.2) is 0 Å². The fourth-order valence-electron chi connectivity index (χ4n) is 4.76. The van der Waals surface area contributed by atoms with Crippen LogP contribution in [0.15, 0.2) is 41.5 Å². The van der Waals surface area contributed by atoms with Crippen LogP contribution in [0.5, 0.6) is 0 Å². The van der Waals surface area contributed by atoms with E-state index in [1.807, 2.05) is 7.11 Å². The van der Waals surface area contributed by atoms with Gasteiger partial charge in [-0.15, -0.1) is 0 Å². The maximum absolute atomic E-state index is 5.88. The summed E-state index contributed by atoms with van der Waals surface area (Å²) in [7, 11) is 1.89. The number of methoxy groups -OCH3 is 1. The first-order chi connectivity index (χ1) is 10.2. The topological polar surface area (TPSA) is 9.23 Å². The Balaban J connectivity index is 2.04. The van der Waals surface area contributed by atoms with Crippen molar-refractivity contribution in [2.45, 2.75) is 52.1 Å². The monoisotopic (exact) mass is 284 g/mol. The molecule has 2 unspecified atom stereocenters. The molecule has 0 amide bonds. The molecule has 0 radical (unpaired) electrons. The van der Waals surface area contributed by atoms with Gasteiger partial charge >= 0.3 is 0 Å². The third-order valence-corrected chi connectivity index (χ3v) is 5.87. The molecule has 1 aromatic rings. The van der Waals surface area contributed by atoms with Crippen molar-refractivity contribution in [2.24, 2.45) is 17.8 Å². The first kappa shape index (κ1) is 14.8. The molecule has 0 fully saturated rings. The van der Waals surface area contributed by atoms with Crippen LogP contribution in [0.25, 0.3) is 0 Å². The molecule has 0 aliphatic heterocycles. The van der Waals surface area contributed by atoms with E-state index in [9.17, 15) is 0 Å². The second-order valence-electron chi connectivity index (χ2n) is 6.97. The molecule has 0 saturated heterocycles. The van der Waals surface area contributed by atoms with Crippen LogP contribution in [0.2, 0.25) is 0 Å². The molecule has 1 heteroatoms. The second kappa shape index (κ2) is 5.96. The Morgan fingerprint density at radius 3 is 2.48 bits per heavy atom. The van der Waals surface area contributed by atoms with Crippen LogP contribution in [0.4, 0.5) is 0 Å². The van der Waals surface area contributed by atoms with Gasteiger partial charge in [-0.25, -0.2) is 0 Å². The highest BCUT2D eigenvalue weighted by Crippen LogP contribution is 2.52. The van der Waals surface area contributed by atoms with E-state index >= 15 is 0 Å². The van der Waals surface area contributed by atoms with Gasteiger partial charge < -0.3 is 4.74 Å². The fraction of sp³-hybridized carbons (Fsp3) is 0.600. The van der Waals surface area contributed by atoms with Crippen LogP contribution in [0.3, 0.4) is 0 Å². The molecule has 2 aliphatic carbocycles. The number of ether oxygens (including phenoxy) is 1. The van der Waals surface area contributed by atoms with E-state index in [-0.39, 0.29) is 0 Å². The van der Waals surface area contributed by atoms with Crippen molar-refractivity contribution in [1.82, 2.24) is 0 Å². The van der Waals surface area contributed by atoms with Crippen LogP contribution in [0, 0.1) is 17.8 Å². The van der Waals surface area contributed by atoms with Gasteiger partial charge in [-0.05, 0) is 41.7 Å². The Morgan fingerprint density at radius 2 is 1.86 bits per heavy atom. The van der Waals surface area contributed by atoms with Crippen LogP contribution in [-0.4, -0.2) is 13.2 Å². The smallest absolute Gasteiger partial charge is 0.0815 e. The Hall–Kier alpha value is -1.08. The summed E-state index contributed by atoms with van der Waals surface area (Å²) >= 11 is 0. The minimum atomic E-state index is 0.343. The molecule has 0 N–H and O–H groups in total. The zero-order valence-corrected chi connectivity index (χ0v) is 13.8. The van der Waals surface area contributed by atoms with Crippen molar-refractivity contribution >= 4 is 0 Å². The highest BCUT2D eigenvalue weighted by Gasteiger charge is 2.43. The molecule has 0 heterocycles. The van der Waals surface area contributed by atoms with Crippen molar-refractivity contribution < 1.29 is 4.74 Å². The van der Waals surface area contributed by atoms with Gasteiger partial charge in [-0.3, -0.25) is 0 Å². The molecule has 0 saturated carbocycles. The number of allylic oxidation sites excluding steroid dienone is 1. The summed E-state index contributed by atoms with van der Waals surface area (Å²) in [6, 6.07) is 11.1. The molecule has 0 bridgehead atoms. The second-order valence-corrected chi connectivity index (χ2v) is 6.97. The quantitative estimate of drug-likeness (QED) is 0.694. The van der Waals surface area contributed by atoms with Gasteiger partial charge in [0.05, 0.1) is 6.10 Å². The minimum absolute atomic E-state index is 0.343. The summed E-state index contributed by atoms with van der Waals surface area (Å²) in [4.78, 5) is 0. The molecule has 2 aliphatic rings. The van der Waals surface area contributed by atoms with Crippen LogP contribution < -0.4 is 0 Å². The van der Waals surface area contributed by atoms with Crippen molar-refractivity contribution in [3.8, 4) is 0 Å². The summed E-state index contributed by atoms with van der Waals surface area (Å²) in [6.45, 7) is 7.12. The van der Waals surface area contributed by atoms with Crippen molar-refractivity contribution in [3.63, 3.8) is 0 Å². The summed E-state index contributed by atoms with van der Waals surface area (Å²) < 4.78 is 5.88. The molecule has 0 aromatic heterocycles. The molecular weight excluding hydrogens is 256 g/mol. The predicted molar refractivity (Wildman–Crippen MR) is 88.3 cm³/mol. The number of hydrogen-bond donors (Lipinski definition) is 0. The molecule has 5 atom stereocenters. The minimum Gasteiger partial charge on any atom is -0.377 e. The van der Waals surface area contributed by atoms with Crippen LogP contribution >= 0.6 is 0 Å². The van der Waals surface area contributed by atoms with E-state index in [4.69, 9.17) is 4.74 Å². The lowest BCUT2D eigenvalue weighted by Gasteiger charge is -2.37. The number of benzene rings is 1. The summed E-state index contributed by atoms with van der Waals surface area (Å²) in [5.41, 5.74) is 4.83. The van der Waals surface area contributed by atoms with Gasteiger partial charge in [0, 0.05) is 13.0 Å². The van der Waals surface area contributed by atoms with Crippen LogP contribution in [0.1, 0.15) is 51.5 Å². The predicted octanol–water partition coefficient (Wildman–Crippen LogP) is 5.19. The Bertz CT molecular complexity index is 516. The normalized spacial score (nSPS) is 35.9. The Labute approximate surface area is 129 Å². The summed E-state index contributed by atoms with van der Waals surface area (Å²) in [6.07, 6.45) is 4.14. The third-order valence-electron chi connectivity index (χ3n) is 5.87. The molecular formula is C20H28O. The van der Waals surface area contributed by atoms with Crippen molar-refractivity contribution in [1.29, 1.82) is 0 Å². The summed E-state index contributed by atoms with van der Waals surface area (Å²) in [5, 5.41) is 0. The standard InChI is InChI=1S/C20H28O/c1-5-15-12-17(16-9-7-6-8-10-16)18-11-13(2)20(21-4)19(18)14(15)3/h6-10,13-15,17,20H,5,11-12H2,1-4H3/t13?,14-,15-,17-,20?/m1/s1. The Kier molecular flexibility index (Phi) is 4.21. The molecule has 1 aromatic carbocycles. The average molecular weight is 284 g/mol. The zero-order chi connectivity index (χ0) is 15.0. The Morgan fingerprint density at radius 1 is 1.14 bits per heavy atom. The lowest BCUT2D eigenvalue weighted by molar-refractivity contribution is 0.0859. The largest absolute Gasteiger partial charge is 0.377 e. The highest BCUT2D eigenvalue weighted by molar-refractivity contribution is 5.40. The van der Waals surface area contributed by atoms with Gasteiger partial charge in [0.1, 0.15) is 0 Å².